The van der Waals surface area contributed by atoms with E-state index in [1.165, 1.54) is 24.5 Å². The highest BCUT2D eigenvalue weighted by Crippen LogP contribution is 2.42. The molecule has 180 valence electrons. The second-order valence-corrected chi connectivity index (χ2v) is 9.17. The van der Waals surface area contributed by atoms with E-state index in [0.717, 1.165) is 22.2 Å². The van der Waals surface area contributed by atoms with Crippen molar-refractivity contribution in [3.63, 3.8) is 0 Å². The molecule has 0 radical (unpaired) electrons. The van der Waals surface area contributed by atoms with Crippen LogP contribution < -0.4 is 10.6 Å². The quantitative estimate of drug-likeness (QED) is 0.285. The Kier molecular flexibility index (Phi) is 4.73. The lowest BCUT2D eigenvalue weighted by atomic mass is 9.93. The van der Waals surface area contributed by atoms with E-state index in [1.807, 2.05) is 54.7 Å². The molecule has 0 saturated heterocycles. The third-order valence-corrected chi connectivity index (χ3v) is 6.85. The molecule has 3 aromatic carbocycles. The summed E-state index contributed by atoms with van der Waals surface area (Å²) >= 11 is 6.46. The van der Waals surface area contributed by atoms with Crippen molar-refractivity contribution in [3.05, 3.63) is 107 Å². The Morgan fingerprint density at radius 2 is 1.92 bits per heavy atom. The van der Waals surface area contributed by atoms with Crippen LogP contribution in [0.1, 0.15) is 27.5 Å². The smallest absolute Gasteiger partial charge is 0.252 e. The van der Waals surface area contributed by atoms with Crippen LogP contribution in [0, 0.1) is 5.82 Å². The molecule has 1 unspecified atom stereocenters. The van der Waals surface area contributed by atoms with E-state index in [2.05, 4.69) is 30.7 Å². The van der Waals surface area contributed by atoms with E-state index >= 15 is 0 Å². The van der Waals surface area contributed by atoms with Gasteiger partial charge in [0.1, 0.15) is 12.1 Å². The Morgan fingerprint density at radius 1 is 1.03 bits per heavy atom. The second kappa shape index (κ2) is 8.14. The number of para-hydroxylation sites is 2. The minimum atomic E-state index is -0.649. The molecule has 6 aromatic rings. The normalized spacial score (nSPS) is 14.8. The number of anilines is 2. The van der Waals surface area contributed by atoms with Crippen LogP contribution >= 0.6 is 11.6 Å². The third kappa shape index (κ3) is 3.59. The topological polar surface area (TPSA) is 100 Å². The molecule has 1 aliphatic heterocycles. The molecule has 0 aliphatic carbocycles. The number of H-pyrrole nitrogens is 1. The third-order valence-electron chi connectivity index (χ3n) is 6.51. The zero-order chi connectivity index (χ0) is 25.1. The molecule has 7 rings (SSSR count). The van der Waals surface area contributed by atoms with Crippen molar-refractivity contribution in [2.45, 2.75) is 6.04 Å². The average molecular weight is 510 g/mol. The van der Waals surface area contributed by atoms with Crippen molar-refractivity contribution in [2.75, 3.05) is 5.32 Å². The number of pyridine rings is 1. The average Bonchev–Trinajstić information content (AvgIpc) is 3.62. The Morgan fingerprint density at radius 3 is 2.81 bits per heavy atom. The molecule has 10 heteroatoms. The predicted octanol–water partition coefficient (Wildman–Crippen LogP) is 5.64. The molecule has 4 heterocycles. The van der Waals surface area contributed by atoms with Gasteiger partial charge in [0.2, 0.25) is 5.95 Å². The lowest BCUT2D eigenvalue weighted by Gasteiger charge is -2.19. The fraction of sp³-hybridized carbons (Fsp3) is 0.0370. The van der Waals surface area contributed by atoms with Crippen molar-refractivity contribution < 1.29 is 9.18 Å². The van der Waals surface area contributed by atoms with E-state index in [4.69, 9.17) is 11.6 Å². The summed E-state index contributed by atoms with van der Waals surface area (Å²) in [6.07, 6.45) is 3.33. The van der Waals surface area contributed by atoms with E-state index in [-0.39, 0.29) is 5.91 Å². The first-order valence-electron chi connectivity index (χ1n) is 11.5. The lowest BCUT2D eigenvalue weighted by Crippen LogP contribution is -2.20. The fourth-order valence-electron chi connectivity index (χ4n) is 4.80. The number of nitrogens with zero attached hydrogens (tertiary/aromatic N) is 4. The van der Waals surface area contributed by atoms with E-state index in [0.29, 0.717) is 39.0 Å². The van der Waals surface area contributed by atoms with Crippen molar-refractivity contribution >= 4 is 45.8 Å². The summed E-state index contributed by atoms with van der Waals surface area (Å²) in [4.78, 5) is 25.3. The number of hydrogen-bond donors (Lipinski definition) is 3. The molecule has 1 amide bonds. The van der Waals surface area contributed by atoms with Crippen molar-refractivity contribution in [1.82, 2.24) is 29.9 Å². The van der Waals surface area contributed by atoms with E-state index < -0.39 is 11.9 Å². The molecule has 1 aliphatic rings. The first-order chi connectivity index (χ1) is 18.0. The van der Waals surface area contributed by atoms with Gasteiger partial charge in [-0.3, -0.25) is 4.79 Å². The fourth-order valence-corrected chi connectivity index (χ4v) is 5.03. The van der Waals surface area contributed by atoms with Crippen molar-refractivity contribution in [1.29, 1.82) is 0 Å². The van der Waals surface area contributed by atoms with Gasteiger partial charge in [-0.2, -0.15) is 5.10 Å². The first kappa shape index (κ1) is 21.5. The molecule has 0 bridgehead atoms. The number of imidazole rings is 1. The first-order valence-corrected chi connectivity index (χ1v) is 11.9. The number of hydrogen-bond acceptors (Lipinski definition) is 5. The monoisotopic (exact) mass is 509 g/mol. The maximum absolute atomic E-state index is 14.2. The number of halogens is 2. The number of amides is 1. The van der Waals surface area contributed by atoms with Gasteiger partial charge in [-0.25, -0.2) is 18.9 Å². The minimum absolute atomic E-state index is 0.281. The molecular weight excluding hydrogens is 493 g/mol. The number of carbonyl (C=O) groups is 1. The van der Waals surface area contributed by atoms with Crippen LogP contribution in [0.3, 0.4) is 0 Å². The molecular formula is C27H17ClFN7O. The van der Waals surface area contributed by atoms with Gasteiger partial charge < -0.3 is 15.6 Å². The van der Waals surface area contributed by atoms with Crippen molar-refractivity contribution in [3.8, 4) is 11.1 Å². The van der Waals surface area contributed by atoms with Gasteiger partial charge in [-0.1, -0.05) is 23.7 Å². The summed E-state index contributed by atoms with van der Waals surface area (Å²) in [6.45, 7) is 0. The molecule has 8 nitrogen and oxygen atoms in total. The molecule has 0 fully saturated rings. The van der Waals surface area contributed by atoms with E-state index in [1.54, 1.807) is 4.52 Å². The number of carbonyl (C=O) groups excluding carboxylic acids is 1. The Hall–Kier alpha value is -4.76. The van der Waals surface area contributed by atoms with Crippen LogP contribution in [0.15, 0.2) is 79.3 Å². The SMILES string of the molecule is O=C1NC(c2cc(F)ccc2Cl)c2c(Nc3nc4ccccc4[nH]3)cc(-c3ccc4ncnn4c3)cc21. The predicted molar refractivity (Wildman–Crippen MR) is 139 cm³/mol. The Bertz CT molecular complexity index is 1830. The standard InChI is InChI=1S/C27H17ClFN7O/c28-19-7-6-16(29)11-17(19)25-24-18(26(37)35-25)9-15(14-5-8-23-30-13-31-36(23)12-14)10-22(24)34-27-32-20-3-1-2-4-21(20)33-27/h1-13,25H,(H,35,37)(H2,32,33,34). The van der Waals surface area contributed by atoms with Gasteiger partial charge in [-0.15, -0.1) is 0 Å². The van der Waals surface area contributed by atoms with Gasteiger partial charge in [0, 0.05) is 39.2 Å². The summed E-state index contributed by atoms with van der Waals surface area (Å²) in [5, 5.41) is 10.9. The highest BCUT2D eigenvalue weighted by Gasteiger charge is 2.34. The molecule has 37 heavy (non-hydrogen) atoms. The summed E-state index contributed by atoms with van der Waals surface area (Å²) in [7, 11) is 0. The van der Waals surface area contributed by atoms with Crippen LogP contribution in [-0.4, -0.2) is 30.5 Å². The zero-order valence-corrected chi connectivity index (χ0v) is 19.8. The summed E-state index contributed by atoms with van der Waals surface area (Å²) < 4.78 is 15.9. The summed E-state index contributed by atoms with van der Waals surface area (Å²) in [6, 6.07) is 18.7. The summed E-state index contributed by atoms with van der Waals surface area (Å²) in [5.41, 5.74) is 6.23. The van der Waals surface area contributed by atoms with E-state index in [9.17, 15) is 9.18 Å². The number of aromatic nitrogens is 5. The largest absolute Gasteiger partial charge is 0.341 e. The minimum Gasteiger partial charge on any atom is -0.341 e. The highest BCUT2D eigenvalue weighted by molar-refractivity contribution is 6.31. The maximum Gasteiger partial charge on any atom is 0.252 e. The van der Waals surface area contributed by atoms with Crippen LogP contribution in [-0.2, 0) is 0 Å². The van der Waals surface area contributed by atoms with Crippen LogP contribution in [0.2, 0.25) is 5.02 Å². The number of nitrogens with one attached hydrogen (secondary N) is 3. The Balaban J connectivity index is 1.42. The lowest BCUT2D eigenvalue weighted by molar-refractivity contribution is 0.0960. The second-order valence-electron chi connectivity index (χ2n) is 8.77. The van der Waals surface area contributed by atoms with Crippen LogP contribution in [0.4, 0.5) is 16.0 Å². The summed E-state index contributed by atoms with van der Waals surface area (Å²) in [5.74, 6) is -0.209. The molecule has 1 atom stereocenters. The van der Waals surface area contributed by atoms with Crippen molar-refractivity contribution in [2.24, 2.45) is 0 Å². The van der Waals surface area contributed by atoms with Gasteiger partial charge in [-0.05, 0) is 60.2 Å². The van der Waals surface area contributed by atoms with Crippen LogP contribution in [0.25, 0.3) is 27.8 Å². The van der Waals surface area contributed by atoms with Gasteiger partial charge in [0.05, 0.1) is 17.1 Å². The molecule has 3 N–H and O–H groups in total. The molecule has 3 aromatic heterocycles. The molecule has 0 spiro atoms. The number of rotatable bonds is 4. The van der Waals surface area contributed by atoms with Crippen LogP contribution in [0.5, 0.6) is 0 Å². The Labute approximate surface area is 214 Å². The number of aromatic amines is 1. The van der Waals surface area contributed by atoms with Gasteiger partial charge >= 0.3 is 0 Å². The number of benzene rings is 3. The zero-order valence-electron chi connectivity index (χ0n) is 19.0. The highest BCUT2D eigenvalue weighted by atomic mass is 35.5. The number of fused-ring (bicyclic) bond motifs is 3. The molecule has 0 saturated carbocycles. The maximum atomic E-state index is 14.2. The van der Waals surface area contributed by atoms with Gasteiger partial charge in [0.25, 0.3) is 5.91 Å². The van der Waals surface area contributed by atoms with Gasteiger partial charge in [0.15, 0.2) is 5.65 Å².